The average molecular weight is 172 g/mol. The monoisotopic (exact) mass is 172 g/mol. The molecule has 0 atom stereocenters. The highest BCUT2D eigenvalue weighted by atomic mass is 19.1. The van der Waals surface area contributed by atoms with Gasteiger partial charge in [-0.1, -0.05) is 40.7 Å². The van der Waals surface area contributed by atoms with E-state index in [1.807, 2.05) is 40.7 Å². The average Bonchev–Trinajstić information content (AvgIpc) is 2.05. The molecule has 0 rings (SSSR count). The van der Waals surface area contributed by atoms with Crippen LogP contribution in [0.3, 0.4) is 0 Å². The molecule has 0 amide bonds. The summed E-state index contributed by atoms with van der Waals surface area (Å²) in [5.74, 6) is 0.298. The fourth-order valence-corrected chi connectivity index (χ4v) is 0.547. The number of hydrogen-bond donors (Lipinski definition) is 0. The second-order valence-electron chi connectivity index (χ2n) is 2.60. The molecule has 0 radical (unpaired) electrons. The molecule has 0 nitrogen and oxygen atoms in total. The summed E-state index contributed by atoms with van der Waals surface area (Å²) in [6.07, 6.45) is 5.70. The van der Waals surface area contributed by atoms with E-state index < -0.39 is 0 Å². The van der Waals surface area contributed by atoms with Gasteiger partial charge in [-0.05, 0) is 24.5 Å². The van der Waals surface area contributed by atoms with Crippen molar-refractivity contribution >= 4 is 0 Å². The molecule has 0 fully saturated rings. The van der Waals surface area contributed by atoms with Crippen molar-refractivity contribution in [3.63, 3.8) is 0 Å². The van der Waals surface area contributed by atoms with E-state index in [2.05, 4.69) is 0 Å². The Morgan fingerprint density at radius 3 is 2.17 bits per heavy atom. The van der Waals surface area contributed by atoms with Crippen LogP contribution in [0.25, 0.3) is 0 Å². The zero-order chi connectivity index (χ0) is 9.98. The molecule has 1 heteroatoms. The minimum absolute atomic E-state index is 0.129. The Bertz CT molecular complexity index is 132. The van der Waals surface area contributed by atoms with Crippen LogP contribution in [0.2, 0.25) is 0 Å². The summed E-state index contributed by atoms with van der Waals surface area (Å²) in [6.45, 7) is 9.97. The first-order valence-electron chi connectivity index (χ1n) is 4.70. The van der Waals surface area contributed by atoms with Crippen molar-refractivity contribution in [1.29, 1.82) is 0 Å². The van der Waals surface area contributed by atoms with Crippen LogP contribution in [0.5, 0.6) is 0 Å². The van der Waals surface area contributed by atoms with Gasteiger partial charge in [0.1, 0.15) is 5.83 Å². The standard InChI is InChI=1S/C9H15F.C2H6/c1-4-5-9(10)7-6-8(2)3;1-2/h5-8H,4H2,1-3H3;1-2H3/b7-6-,9-5+;. The number of hydrogen-bond acceptors (Lipinski definition) is 0. The van der Waals surface area contributed by atoms with Gasteiger partial charge in [0.2, 0.25) is 0 Å². The zero-order valence-corrected chi connectivity index (χ0v) is 8.89. The van der Waals surface area contributed by atoms with Crippen LogP contribution in [0.15, 0.2) is 24.1 Å². The number of allylic oxidation sites excluding steroid dienone is 4. The summed E-state index contributed by atoms with van der Waals surface area (Å²) in [7, 11) is 0. The zero-order valence-electron chi connectivity index (χ0n) is 8.89. The smallest absolute Gasteiger partial charge is 0.118 e. The maximum Gasteiger partial charge on any atom is 0.118 e. The van der Waals surface area contributed by atoms with Crippen molar-refractivity contribution in [2.75, 3.05) is 0 Å². The van der Waals surface area contributed by atoms with Gasteiger partial charge in [-0.2, -0.15) is 0 Å². The van der Waals surface area contributed by atoms with Crippen molar-refractivity contribution in [3.8, 4) is 0 Å². The summed E-state index contributed by atoms with van der Waals surface area (Å²) in [6, 6.07) is 0. The van der Waals surface area contributed by atoms with Crippen LogP contribution < -0.4 is 0 Å². The van der Waals surface area contributed by atoms with Gasteiger partial charge in [-0.15, -0.1) is 0 Å². The maximum atomic E-state index is 12.5. The van der Waals surface area contributed by atoms with Crippen LogP contribution in [0.1, 0.15) is 41.0 Å². The van der Waals surface area contributed by atoms with Crippen LogP contribution in [-0.2, 0) is 0 Å². The molecule has 0 aromatic carbocycles. The maximum absolute atomic E-state index is 12.5. The lowest BCUT2D eigenvalue weighted by atomic mass is 10.2. The molecule has 0 saturated heterocycles. The lowest BCUT2D eigenvalue weighted by Crippen LogP contribution is -1.76. The summed E-state index contributed by atoms with van der Waals surface area (Å²) >= 11 is 0. The molecule has 0 aliphatic rings. The van der Waals surface area contributed by atoms with Crippen LogP contribution >= 0.6 is 0 Å². The van der Waals surface area contributed by atoms with Crippen molar-refractivity contribution in [2.45, 2.75) is 41.0 Å². The molecule has 0 aromatic rings. The Morgan fingerprint density at radius 2 is 1.83 bits per heavy atom. The van der Waals surface area contributed by atoms with Gasteiger partial charge in [0, 0.05) is 0 Å². The fourth-order valence-electron chi connectivity index (χ4n) is 0.547. The highest BCUT2D eigenvalue weighted by Gasteiger charge is 1.86. The molecular weight excluding hydrogens is 151 g/mol. The highest BCUT2D eigenvalue weighted by Crippen LogP contribution is 2.03. The molecule has 0 unspecified atom stereocenters. The summed E-state index contributed by atoms with van der Waals surface area (Å²) in [5.41, 5.74) is 0. The van der Waals surface area contributed by atoms with Crippen LogP contribution in [-0.4, -0.2) is 0 Å². The normalized spacial score (nSPS) is 11.8. The molecule has 0 spiro atoms. The summed E-state index contributed by atoms with van der Waals surface area (Å²) in [4.78, 5) is 0. The van der Waals surface area contributed by atoms with E-state index in [1.165, 1.54) is 6.08 Å². The molecule has 0 saturated carbocycles. The van der Waals surface area contributed by atoms with E-state index >= 15 is 0 Å². The van der Waals surface area contributed by atoms with Gasteiger partial charge in [-0.25, -0.2) is 4.39 Å². The second-order valence-corrected chi connectivity index (χ2v) is 2.60. The van der Waals surface area contributed by atoms with E-state index in [1.54, 1.807) is 6.08 Å². The third-order valence-electron chi connectivity index (χ3n) is 1.04. The van der Waals surface area contributed by atoms with E-state index in [4.69, 9.17) is 0 Å². The molecule has 0 N–H and O–H groups in total. The quantitative estimate of drug-likeness (QED) is 0.550. The third-order valence-corrected chi connectivity index (χ3v) is 1.04. The Kier molecular flexibility index (Phi) is 12.1. The molecular formula is C11H21F. The van der Waals surface area contributed by atoms with Gasteiger partial charge < -0.3 is 0 Å². The van der Waals surface area contributed by atoms with Crippen molar-refractivity contribution in [1.82, 2.24) is 0 Å². The molecule has 0 aliphatic heterocycles. The lowest BCUT2D eigenvalue weighted by Gasteiger charge is -1.91. The second kappa shape index (κ2) is 10.4. The predicted molar refractivity (Wildman–Crippen MR) is 54.8 cm³/mol. The Morgan fingerprint density at radius 1 is 1.33 bits per heavy atom. The van der Waals surface area contributed by atoms with Gasteiger partial charge in [0.25, 0.3) is 0 Å². The van der Waals surface area contributed by atoms with E-state index in [0.717, 1.165) is 6.42 Å². The Labute approximate surface area is 76.2 Å². The first-order valence-corrected chi connectivity index (χ1v) is 4.70. The number of halogens is 1. The number of rotatable bonds is 3. The van der Waals surface area contributed by atoms with E-state index in [0.29, 0.717) is 5.92 Å². The molecule has 12 heavy (non-hydrogen) atoms. The van der Waals surface area contributed by atoms with Gasteiger partial charge in [0.05, 0.1) is 0 Å². The van der Waals surface area contributed by atoms with Crippen molar-refractivity contribution in [3.05, 3.63) is 24.1 Å². The lowest BCUT2D eigenvalue weighted by molar-refractivity contribution is 0.657. The van der Waals surface area contributed by atoms with Crippen molar-refractivity contribution < 1.29 is 4.39 Å². The summed E-state index contributed by atoms with van der Waals surface area (Å²) in [5, 5.41) is 0. The molecule has 0 aliphatic carbocycles. The first kappa shape index (κ1) is 14.0. The minimum atomic E-state index is -0.129. The van der Waals surface area contributed by atoms with Crippen molar-refractivity contribution in [2.24, 2.45) is 5.92 Å². The van der Waals surface area contributed by atoms with Crippen LogP contribution in [0, 0.1) is 5.92 Å². The minimum Gasteiger partial charge on any atom is -0.207 e. The SMILES string of the molecule is CC.CC/C=C(F)\C=C/C(C)C. The van der Waals surface area contributed by atoms with E-state index in [-0.39, 0.29) is 5.83 Å². The largest absolute Gasteiger partial charge is 0.207 e. The van der Waals surface area contributed by atoms with E-state index in [9.17, 15) is 4.39 Å². The fraction of sp³-hybridized carbons (Fsp3) is 0.636. The molecule has 0 heterocycles. The highest BCUT2D eigenvalue weighted by molar-refractivity contribution is 5.10. The first-order chi connectivity index (χ1) is 5.66. The topological polar surface area (TPSA) is 0 Å². The molecule has 0 bridgehead atoms. The van der Waals surface area contributed by atoms with Gasteiger partial charge >= 0.3 is 0 Å². The molecule has 72 valence electrons. The predicted octanol–water partition coefficient (Wildman–Crippen LogP) is 4.49. The van der Waals surface area contributed by atoms with Gasteiger partial charge in [-0.3, -0.25) is 0 Å². The van der Waals surface area contributed by atoms with Gasteiger partial charge in [0.15, 0.2) is 0 Å². The van der Waals surface area contributed by atoms with Crippen LogP contribution in [0.4, 0.5) is 4.39 Å². The Hall–Kier alpha value is -0.590. The summed E-state index contributed by atoms with van der Waals surface area (Å²) < 4.78 is 12.5. The third kappa shape index (κ3) is 12.1. The molecule has 0 aromatic heterocycles. The Balaban J connectivity index is 0.